The molecule has 1 aliphatic rings. The minimum Gasteiger partial charge on any atom is -0.344 e. The number of carbonyl (C=O) groups is 2. The van der Waals surface area contributed by atoms with Crippen molar-refractivity contribution in [3.8, 4) is 0 Å². The Balaban J connectivity index is 2.03. The van der Waals surface area contributed by atoms with Gasteiger partial charge in [0.15, 0.2) is 5.82 Å². The summed E-state index contributed by atoms with van der Waals surface area (Å²) in [7, 11) is 0. The zero-order valence-corrected chi connectivity index (χ0v) is 9.12. The highest BCUT2D eigenvalue weighted by Crippen LogP contribution is 2.18. The van der Waals surface area contributed by atoms with Crippen LogP contribution in [0.4, 0.5) is 5.82 Å². The topological polar surface area (TPSA) is 71.1 Å². The number of amides is 2. The standard InChI is InChI=1S/C10H10ClN3O2/c11-6-2-1-5-12-9(6)14-10(16)7-3-4-8(15)13-7/h1-2,5,7H,3-4H2,(H,13,15)(H,12,14,16)/t7-/m0/s1. The molecule has 0 unspecified atom stereocenters. The normalized spacial score (nSPS) is 19.3. The number of nitrogens with zero attached hydrogens (tertiary/aromatic N) is 1. The van der Waals surface area contributed by atoms with Crippen LogP contribution in [0, 0.1) is 0 Å². The predicted molar refractivity (Wildman–Crippen MR) is 59.0 cm³/mol. The van der Waals surface area contributed by atoms with Gasteiger partial charge in [0.1, 0.15) is 6.04 Å². The number of pyridine rings is 1. The van der Waals surface area contributed by atoms with Crippen LogP contribution in [0.2, 0.25) is 5.02 Å². The van der Waals surface area contributed by atoms with Crippen molar-refractivity contribution in [2.75, 3.05) is 5.32 Å². The molecule has 0 aliphatic carbocycles. The summed E-state index contributed by atoms with van der Waals surface area (Å²) in [6, 6.07) is 2.83. The van der Waals surface area contributed by atoms with Crippen LogP contribution in [0.15, 0.2) is 18.3 Å². The van der Waals surface area contributed by atoms with Crippen LogP contribution < -0.4 is 10.6 Å². The number of aromatic nitrogens is 1. The third kappa shape index (κ3) is 2.30. The second-order valence-corrected chi connectivity index (χ2v) is 3.89. The lowest BCUT2D eigenvalue weighted by molar-refractivity contribution is -0.122. The number of hydrogen-bond donors (Lipinski definition) is 2. The molecule has 1 atom stereocenters. The number of halogens is 1. The second-order valence-electron chi connectivity index (χ2n) is 3.48. The number of carbonyl (C=O) groups excluding carboxylic acids is 2. The summed E-state index contributed by atoms with van der Waals surface area (Å²) >= 11 is 5.84. The van der Waals surface area contributed by atoms with Gasteiger partial charge >= 0.3 is 0 Å². The fourth-order valence-corrected chi connectivity index (χ4v) is 1.66. The molecule has 0 radical (unpaired) electrons. The number of nitrogens with one attached hydrogen (secondary N) is 2. The average molecular weight is 240 g/mol. The molecular weight excluding hydrogens is 230 g/mol. The molecule has 1 saturated heterocycles. The molecule has 16 heavy (non-hydrogen) atoms. The Morgan fingerprint density at radius 3 is 3.06 bits per heavy atom. The molecule has 2 N–H and O–H groups in total. The maximum atomic E-state index is 11.7. The molecule has 5 nitrogen and oxygen atoms in total. The summed E-state index contributed by atoms with van der Waals surface area (Å²) < 4.78 is 0. The van der Waals surface area contributed by atoms with Gasteiger partial charge in [-0.05, 0) is 18.6 Å². The van der Waals surface area contributed by atoms with Gasteiger partial charge in [-0.1, -0.05) is 11.6 Å². The Labute approximate surface area is 97.2 Å². The molecule has 2 heterocycles. The van der Waals surface area contributed by atoms with Crippen molar-refractivity contribution < 1.29 is 9.59 Å². The van der Waals surface area contributed by atoms with E-state index in [1.165, 1.54) is 6.20 Å². The zero-order valence-electron chi connectivity index (χ0n) is 8.37. The van der Waals surface area contributed by atoms with Crippen LogP contribution in [-0.2, 0) is 9.59 Å². The number of hydrogen-bond acceptors (Lipinski definition) is 3. The van der Waals surface area contributed by atoms with E-state index < -0.39 is 6.04 Å². The molecule has 84 valence electrons. The van der Waals surface area contributed by atoms with E-state index >= 15 is 0 Å². The van der Waals surface area contributed by atoms with Crippen LogP contribution in [0.1, 0.15) is 12.8 Å². The summed E-state index contributed by atoms with van der Waals surface area (Å²) in [6.07, 6.45) is 2.43. The lowest BCUT2D eigenvalue weighted by Crippen LogP contribution is -2.37. The summed E-state index contributed by atoms with van der Waals surface area (Å²) in [5.41, 5.74) is 0. The monoisotopic (exact) mass is 239 g/mol. The highest BCUT2D eigenvalue weighted by atomic mass is 35.5. The Morgan fingerprint density at radius 2 is 2.44 bits per heavy atom. The lowest BCUT2D eigenvalue weighted by Gasteiger charge is -2.10. The van der Waals surface area contributed by atoms with Crippen LogP contribution in [0.5, 0.6) is 0 Å². The highest BCUT2D eigenvalue weighted by molar-refractivity contribution is 6.33. The Bertz CT molecular complexity index is 436. The van der Waals surface area contributed by atoms with Gasteiger partial charge in [0.2, 0.25) is 11.8 Å². The summed E-state index contributed by atoms with van der Waals surface area (Å²) in [5.74, 6) is -0.0750. The molecule has 0 spiro atoms. The van der Waals surface area contributed by atoms with Crippen molar-refractivity contribution in [3.63, 3.8) is 0 Å². The molecule has 0 bridgehead atoms. The van der Waals surface area contributed by atoms with E-state index in [0.717, 1.165) is 0 Å². The molecule has 0 saturated carbocycles. The van der Waals surface area contributed by atoms with Gasteiger partial charge in [-0.2, -0.15) is 0 Å². The van der Waals surface area contributed by atoms with Gasteiger partial charge in [0.25, 0.3) is 0 Å². The quantitative estimate of drug-likeness (QED) is 0.807. The average Bonchev–Trinajstić information content (AvgIpc) is 2.68. The first kappa shape index (κ1) is 10.9. The molecule has 2 amide bonds. The van der Waals surface area contributed by atoms with Crippen LogP contribution >= 0.6 is 11.6 Å². The summed E-state index contributed by atoms with van der Waals surface area (Å²) in [4.78, 5) is 26.6. The van der Waals surface area contributed by atoms with Crippen molar-refractivity contribution in [2.24, 2.45) is 0 Å². The van der Waals surface area contributed by atoms with E-state index in [1.807, 2.05) is 0 Å². The van der Waals surface area contributed by atoms with E-state index in [9.17, 15) is 9.59 Å². The fourth-order valence-electron chi connectivity index (χ4n) is 1.49. The molecule has 1 aliphatic heterocycles. The first-order valence-corrected chi connectivity index (χ1v) is 5.25. The minimum atomic E-state index is -0.481. The van der Waals surface area contributed by atoms with Crippen molar-refractivity contribution in [2.45, 2.75) is 18.9 Å². The maximum absolute atomic E-state index is 11.7. The SMILES string of the molecule is O=C1CC[C@@H](C(=O)Nc2ncccc2Cl)N1. The van der Waals surface area contributed by atoms with E-state index in [1.54, 1.807) is 12.1 Å². The number of anilines is 1. The van der Waals surface area contributed by atoms with Crippen LogP contribution in [0.3, 0.4) is 0 Å². The predicted octanol–water partition coefficient (Wildman–Crippen LogP) is 0.952. The van der Waals surface area contributed by atoms with Gasteiger partial charge in [0, 0.05) is 12.6 Å². The largest absolute Gasteiger partial charge is 0.344 e. The second kappa shape index (κ2) is 4.49. The molecule has 0 aromatic carbocycles. The van der Waals surface area contributed by atoms with Gasteiger partial charge in [-0.3, -0.25) is 9.59 Å². The Hall–Kier alpha value is -1.62. The van der Waals surface area contributed by atoms with Gasteiger partial charge in [0.05, 0.1) is 5.02 Å². The molecule has 1 aromatic heterocycles. The van der Waals surface area contributed by atoms with E-state index in [-0.39, 0.29) is 11.8 Å². The van der Waals surface area contributed by atoms with Crippen molar-refractivity contribution in [1.29, 1.82) is 0 Å². The van der Waals surface area contributed by atoms with E-state index in [0.29, 0.717) is 23.7 Å². The molecule has 6 heteroatoms. The first-order valence-electron chi connectivity index (χ1n) is 4.87. The highest BCUT2D eigenvalue weighted by Gasteiger charge is 2.27. The van der Waals surface area contributed by atoms with Gasteiger partial charge in [-0.15, -0.1) is 0 Å². The van der Waals surface area contributed by atoms with Crippen molar-refractivity contribution in [3.05, 3.63) is 23.4 Å². The van der Waals surface area contributed by atoms with E-state index in [4.69, 9.17) is 11.6 Å². The number of rotatable bonds is 2. The van der Waals surface area contributed by atoms with Gasteiger partial charge in [-0.25, -0.2) is 4.98 Å². The maximum Gasteiger partial charge on any atom is 0.248 e. The lowest BCUT2D eigenvalue weighted by atomic mass is 10.2. The van der Waals surface area contributed by atoms with Gasteiger partial charge < -0.3 is 10.6 Å². The van der Waals surface area contributed by atoms with Crippen molar-refractivity contribution in [1.82, 2.24) is 10.3 Å². The smallest absolute Gasteiger partial charge is 0.248 e. The summed E-state index contributed by atoms with van der Waals surface area (Å²) in [5, 5.41) is 5.52. The van der Waals surface area contributed by atoms with Crippen LogP contribution in [-0.4, -0.2) is 22.8 Å². The van der Waals surface area contributed by atoms with Crippen LogP contribution in [0.25, 0.3) is 0 Å². The van der Waals surface area contributed by atoms with Crippen molar-refractivity contribution >= 4 is 29.2 Å². The first-order chi connectivity index (χ1) is 7.66. The fraction of sp³-hybridized carbons (Fsp3) is 0.300. The minimum absolute atomic E-state index is 0.104. The molecule has 1 fully saturated rings. The molecule has 2 rings (SSSR count). The zero-order chi connectivity index (χ0) is 11.5. The summed E-state index contributed by atoms with van der Waals surface area (Å²) in [6.45, 7) is 0. The third-order valence-corrected chi connectivity index (χ3v) is 2.62. The molecule has 1 aromatic rings. The van der Waals surface area contributed by atoms with E-state index in [2.05, 4.69) is 15.6 Å². The Kier molecular flexibility index (Phi) is 3.05. The third-order valence-electron chi connectivity index (χ3n) is 2.31. The Morgan fingerprint density at radius 1 is 1.62 bits per heavy atom. The molecular formula is C10H10ClN3O2.